The van der Waals surface area contributed by atoms with Gasteiger partial charge in [-0.05, 0) is 41.7 Å². The number of amides is 1. The average molecular weight is 340 g/mol. The summed E-state index contributed by atoms with van der Waals surface area (Å²) in [5.74, 6) is 0.772. The van der Waals surface area contributed by atoms with Crippen molar-refractivity contribution in [2.75, 3.05) is 5.75 Å². The van der Waals surface area contributed by atoms with Crippen LogP contribution in [0, 0.1) is 0 Å². The summed E-state index contributed by atoms with van der Waals surface area (Å²) >= 11 is 1.63. The average Bonchev–Trinajstić information content (AvgIpc) is 2.64. The first kappa shape index (κ1) is 18.3. The Morgan fingerprint density at radius 3 is 2.62 bits per heavy atom. The number of hydrogen-bond acceptors (Lipinski definition) is 2. The fourth-order valence-electron chi connectivity index (χ4n) is 2.61. The Morgan fingerprint density at radius 1 is 1.12 bits per heavy atom. The zero-order chi connectivity index (χ0) is 17.4. The number of benzene rings is 2. The minimum Gasteiger partial charge on any atom is -0.348 e. The third-order valence-corrected chi connectivity index (χ3v) is 5.06. The van der Waals surface area contributed by atoms with Crippen LogP contribution in [0.25, 0.3) is 0 Å². The Morgan fingerprint density at radius 2 is 1.92 bits per heavy atom. The van der Waals surface area contributed by atoms with Gasteiger partial charge in [-0.1, -0.05) is 50.3 Å². The first-order valence-electron chi connectivity index (χ1n) is 8.41. The Balaban J connectivity index is 2.12. The van der Waals surface area contributed by atoms with Crippen LogP contribution >= 0.6 is 11.8 Å². The topological polar surface area (TPSA) is 29.1 Å². The molecule has 0 fully saturated rings. The molecule has 2 rings (SSSR count). The van der Waals surface area contributed by atoms with Crippen molar-refractivity contribution in [3.63, 3.8) is 0 Å². The number of rotatable bonds is 8. The Bertz CT molecular complexity index is 709. The highest BCUT2D eigenvalue weighted by atomic mass is 32.2. The van der Waals surface area contributed by atoms with E-state index in [2.05, 4.69) is 43.9 Å². The van der Waals surface area contributed by atoms with Crippen molar-refractivity contribution in [2.24, 2.45) is 0 Å². The molecule has 2 aromatic carbocycles. The maximum Gasteiger partial charge on any atom is 0.252 e. The molecule has 0 bridgehead atoms. The van der Waals surface area contributed by atoms with Gasteiger partial charge in [0.25, 0.3) is 5.91 Å². The van der Waals surface area contributed by atoms with Crippen LogP contribution in [0.4, 0.5) is 0 Å². The molecule has 3 heteroatoms. The van der Waals surface area contributed by atoms with Crippen molar-refractivity contribution in [3.05, 3.63) is 77.4 Å². The van der Waals surface area contributed by atoms with Gasteiger partial charge in [-0.25, -0.2) is 0 Å². The second-order valence-electron chi connectivity index (χ2n) is 5.59. The van der Waals surface area contributed by atoms with E-state index in [4.69, 9.17) is 0 Å². The van der Waals surface area contributed by atoms with Crippen LogP contribution in [0.2, 0.25) is 0 Å². The monoisotopic (exact) mass is 339 g/mol. The minimum atomic E-state index is -0.0221. The Labute approximate surface area is 149 Å². The highest BCUT2D eigenvalue weighted by Crippen LogP contribution is 2.23. The molecule has 0 aromatic heterocycles. The van der Waals surface area contributed by atoms with Crippen LogP contribution in [0.3, 0.4) is 0 Å². The molecule has 0 radical (unpaired) electrons. The lowest BCUT2D eigenvalue weighted by Crippen LogP contribution is -2.24. The largest absolute Gasteiger partial charge is 0.348 e. The van der Waals surface area contributed by atoms with Crippen molar-refractivity contribution in [2.45, 2.75) is 38.1 Å². The molecule has 1 N–H and O–H groups in total. The standard InChI is InChI=1S/C21H25NOS/c1-4-13-24-20-10-8-7-9-19(20)21(23)22-15-18-14-16(5-2)11-12-17(18)6-3/h4,7-12,14H,1,5-6,13,15H2,2-3H3,(H,22,23). The van der Waals surface area contributed by atoms with Gasteiger partial charge in [0.2, 0.25) is 0 Å². The Kier molecular flexibility index (Phi) is 7.13. The predicted octanol–water partition coefficient (Wildman–Crippen LogP) is 5.02. The number of carbonyl (C=O) groups excluding carboxylic acids is 1. The van der Waals surface area contributed by atoms with Crippen molar-refractivity contribution < 1.29 is 4.79 Å². The number of aryl methyl sites for hydroxylation is 2. The normalized spacial score (nSPS) is 10.4. The molecular formula is C21H25NOS. The molecule has 2 nitrogen and oxygen atoms in total. The summed E-state index contributed by atoms with van der Waals surface area (Å²) in [4.78, 5) is 13.6. The number of thioether (sulfide) groups is 1. The Hall–Kier alpha value is -2.00. The van der Waals surface area contributed by atoms with Crippen molar-refractivity contribution in [1.29, 1.82) is 0 Å². The third kappa shape index (κ3) is 4.75. The second kappa shape index (κ2) is 9.33. The molecule has 0 aliphatic heterocycles. The fraction of sp³-hybridized carbons (Fsp3) is 0.286. The van der Waals surface area contributed by atoms with Crippen LogP contribution in [-0.4, -0.2) is 11.7 Å². The second-order valence-corrected chi connectivity index (χ2v) is 6.65. The summed E-state index contributed by atoms with van der Waals surface area (Å²) in [5, 5.41) is 3.08. The van der Waals surface area contributed by atoms with Gasteiger partial charge in [0.15, 0.2) is 0 Å². The van der Waals surface area contributed by atoms with E-state index in [1.54, 1.807) is 11.8 Å². The van der Waals surface area contributed by atoms with E-state index in [-0.39, 0.29) is 5.91 Å². The maximum atomic E-state index is 12.6. The smallest absolute Gasteiger partial charge is 0.252 e. The SMILES string of the molecule is C=CCSc1ccccc1C(=O)NCc1cc(CC)ccc1CC. The van der Waals surface area contributed by atoms with Gasteiger partial charge >= 0.3 is 0 Å². The molecule has 0 aliphatic rings. The number of hydrogen-bond donors (Lipinski definition) is 1. The quantitative estimate of drug-likeness (QED) is 0.540. The summed E-state index contributed by atoms with van der Waals surface area (Å²) in [5.41, 5.74) is 4.54. The van der Waals surface area contributed by atoms with Gasteiger partial charge in [-0.15, -0.1) is 18.3 Å². The summed E-state index contributed by atoms with van der Waals surface area (Å²) in [6.07, 6.45) is 3.83. The minimum absolute atomic E-state index is 0.0221. The number of carbonyl (C=O) groups is 1. The molecule has 1 amide bonds. The molecule has 0 spiro atoms. The van der Waals surface area contributed by atoms with Gasteiger partial charge in [0, 0.05) is 17.2 Å². The molecule has 0 saturated carbocycles. The van der Waals surface area contributed by atoms with Crippen LogP contribution < -0.4 is 5.32 Å². The summed E-state index contributed by atoms with van der Waals surface area (Å²) < 4.78 is 0. The van der Waals surface area contributed by atoms with Crippen LogP contribution in [0.5, 0.6) is 0 Å². The molecule has 24 heavy (non-hydrogen) atoms. The van der Waals surface area contributed by atoms with E-state index in [1.807, 2.05) is 30.3 Å². The van der Waals surface area contributed by atoms with E-state index in [1.165, 1.54) is 16.7 Å². The van der Waals surface area contributed by atoms with Gasteiger partial charge < -0.3 is 5.32 Å². The molecule has 0 aliphatic carbocycles. The molecule has 0 atom stereocenters. The van der Waals surface area contributed by atoms with Gasteiger partial charge in [0.1, 0.15) is 0 Å². The van der Waals surface area contributed by atoms with Crippen molar-refractivity contribution in [1.82, 2.24) is 5.32 Å². The molecule has 0 saturated heterocycles. The van der Waals surface area contributed by atoms with E-state index >= 15 is 0 Å². The molecule has 0 unspecified atom stereocenters. The third-order valence-electron chi connectivity index (χ3n) is 3.99. The van der Waals surface area contributed by atoms with Crippen molar-refractivity contribution >= 4 is 17.7 Å². The van der Waals surface area contributed by atoms with Crippen molar-refractivity contribution in [3.8, 4) is 0 Å². The number of nitrogens with one attached hydrogen (secondary N) is 1. The van der Waals surface area contributed by atoms with Crippen LogP contribution in [0.1, 0.15) is 40.9 Å². The highest BCUT2D eigenvalue weighted by molar-refractivity contribution is 7.99. The van der Waals surface area contributed by atoms with Crippen LogP contribution in [-0.2, 0) is 19.4 Å². The first-order valence-corrected chi connectivity index (χ1v) is 9.39. The summed E-state index contributed by atoms with van der Waals surface area (Å²) in [7, 11) is 0. The highest BCUT2D eigenvalue weighted by Gasteiger charge is 2.11. The fourth-order valence-corrected chi connectivity index (χ4v) is 3.40. The van der Waals surface area contributed by atoms with Gasteiger partial charge in [-0.2, -0.15) is 0 Å². The predicted molar refractivity (Wildman–Crippen MR) is 104 cm³/mol. The summed E-state index contributed by atoms with van der Waals surface area (Å²) in [6, 6.07) is 14.3. The van der Waals surface area contributed by atoms with E-state index in [0.717, 1.165) is 29.1 Å². The first-order chi connectivity index (χ1) is 11.7. The maximum absolute atomic E-state index is 12.6. The van der Waals surface area contributed by atoms with E-state index in [0.29, 0.717) is 6.54 Å². The lowest BCUT2D eigenvalue weighted by Gasteiger charge is -2.13. The zero-order valence-electron chi connectivity index (χ0n) is 14.5. The molecule has 126 valence electrons. The lowest BCUT2D eigenvalue weighted by molar-refractivity contribution is 0.0948. The lowest BCUT2D eigenvalue weighted by atomic mass is 10.0. The van der Waals surface area contributed by atoms with E-state index in [9.17, 15) is 4.79 Å². The zero-order valence-corrected chi connectivity index (χ0v) is 15.3. The molecule has 2 aromatic rings. The van der Waals surface area contributed by atoms with Gasteiger partial charge in [0.05, 0.1) is 5.56 Å². The van der Waals surface area contributed by atoms with Crippen LogP contribution in [0.15, 0.2) is 60.0 Å². The molecular weight excluding hydrogens is 314 g/mol. The summed E-state index contributed by atoms with van der Waals surface area (Å²) in [6.45, 7) is 8.60. The van der Waals surface area contributed by atoms with Gasteiger partial charge in [-0.3, -0.25) is 4.79 Å². The molecule has 0 heterocycles. The van der Waals surface area contributed by atoms with E-state index < -0.39 is 0 Å².